The lowest BCUT2D eigenvalue weighted by atomic mass is 10.2. The van der Waals surface area contributed by atoms with Crippen molar-refractivity contribution in [3.05, 3.63) is 72.8 Å². The van der Waals surface area contributed by atoms with E-state index in [0.717, 1.165) is 12.4 Å². The average Bonchev–Trinajstić information content (AvgIpc) is 2.58. The van der Waals surface area contributed by atoms with E-state index in [2.05, 4.69) is 88.0 Å². The van der Waals surface area contributed by atoms with E-state index >= 15 is 0 Å². The molecule has 1 saturated heterocycles. The molecule has 3 heteroatoms. The maximum absolute atomic E-state index is 6.90. The Morgan fingerprint density at radius 3 is 1.83 bits per heavy atom. The third-order valence-corrected chi connectivity index (χ3v) is 11.2. The summed E-state index contributed by atoms with van der Waals surface area (Å²) in [5, 5.41) is 3.19. The summed E-state index contributed by atoms with van der Waals surface area (Å²) in [7, 11) is -2.38. The molecule has 1 aliphatic heterocycles. The minimum atomic E-state index is -2.38. The fourth-order valence-electron chi connectivity index (χ4n) is 3.45. The minimum Gasteiger partial charge on any atom is -0.406 e. The van der Waals surface area contributed by atoms with Crippen LogP contribution in [0.5, 0.6) is 0 Å². The van der Waals surface area contributed by atoms with Crippen molar-refractivity contribution in [3.8, 4) is 0 Å². The summed E-state index contributed by atoms with van der Waals surface area (Å²) in [5.74, 6) is 1.08. The number of hydrogen-bond acceptors (Lipinski definition) is 2. The molecule has 1 atom stereocenters. The van der Waals surface area contributed by atoms with E-state index in [1.165, 1.54) is 15.9 Å². The Hall–Kier alpha value is -1.29. The van der Waals surface area contributed by atoms with E-state index in [0.29, 0.717) is 5.25 Å². The van der Waals surface area contributed by atoms with Crippen molar-refractivity contribution < 1.29 is 4.43 Å². The maximum Gasteiger partial charge on any atom is 0.261 e. The number of thioether (sulfide) groups is 1. The molecule has 1 heterocycles. The van der Waals surface area contributed by atoms with Gasteiger partial charge in [-0.05, 0) is 15.4 Å². The van der Waals surface area contributed by atoms with E-state index in [9.17, 15) is 0 Å². The van der Waals surface area contributed by atoms with Crippen LogP contribution in [0.3, 0.4) is 0 Å². The Morgan fingerprint density at radius 2 is 1.50 bits per heavy atom. The molecule has 0 radical (unpaired) electrons. The summed E-state index contributed by atoms with van der Waals surface area (Å²) >= 11 is 1.95. The molecule has 0 aromatic heterocycles. The standard InChI is InChI=1S/C21H26OSSi/c1-17-16-23-20(17)15-22-24(21(2,3)4,18-11-7-5-8-12-18)19-13-9-6-10-14-19/h5-14,20H,1,15-16H2,2-4H3/t20-/m0/s1. The summed E-state index contributed by atoms with van der Waals surface area (Å²) in [6, 6.07) is 21.7. The van der Waals surface area contributed by atoms with Crippen LogP contribution in [0.15, 0.2) is 72.8 Å². The van der Waals surface area contributed by atoms with Gasteiger partial charge < -0.3 is 4.43 Å². The van der Waals surface area contributed by atoms with Gasteiger partial charge in [0.05, 0.1) is 6.61 Å². The molecule has 1 aliphatic rings. The molecule has 0 bridgehead atoms. The normalized spacial score (nSPS) is 18.3. The zero-order valence-electron chi connectivity index (χ0n) is 14.8. The lowest BCUT2D eigenvalue weighted by Gasteiger charge is -2.44. The number of hydrogen-bond donors (Lipinski definition) is 0. The van der Waals surface area contributed by atoms with Crippen LogP contribution in [-0.4, -0.2) is 25.9 Å². The molecule has 0 aliphatic carbocycles. The van der Waals surface area contributed by atoms with E-state index < -0.39 is 8.32 Å². The first kappa shape index (κ1) is 17.5. The van der Waals surface area contributed by atoms with Gasteiger partial charge in [-0.2, -0.15) is 0 Å². The molecule has 0 saturated carbocycles. The predicted molar refractivity (Wildman–Crippen MR) is 109 cm³/mol. The zero-order chi connectivity index (χ0) is 17.2. The van der Waals surface area contributed by atoms with Crippen molar-refractivity contribution in [3.63, 3.8) is 0 Å². The second kappa shape index (κ2) is 6.91. The Kier molecular flexibility index (Phi) is 5.04. The highest BCUT2D eigenvalue weighted by Gasteiger charge is 2.50. The van der Waals surface area contributed by atoms with Gasteiger partial charge in [-0.15, -0.1) is 11.8 Å². The van der Waals surface area contributed by atoms with Crippen LogP contribution in [0.1, 0.15) is 20.8 Å². The van der Waals surface area contributed by atoms with Crippen molar-refractivity contribution in [2.75, 3.05) is 12.4 Å². The second-order valence-corrected chi connectivity index (χ2v) is 12.9. The summed E-state index contributed by atoms with van der Waals surface area (Å²) in [6.07, 6.45) is 0. The first-order chi connectivity index (χ1) is 11.4. The van der Waals surface area contributed by atoms with Crippen LogP contribution in [-0.2, 0) is 4.43 Å². The Balaban J connectivity index is 2.08. The van der Waals surface area contributed by atoms with Crippen molar-refractivity contribution in [1.82, 2.24) is 0 Å². The summed E-state index contributed by atoms with van der Waals surface area (Å²) in [6.45, 7) is 11.9. The molecule has 0 unspecified atom stereocenters. The Bertz CT molecular complexity index is 651. The van der Waals surface area contributed by atoms with Gasteiger partial charge in [0, 0.05) is 11.0 Å². The van der Waals surface area contributed by atoms with Gasteiger partial charge in [-0.25, -0.2) is 0 Å². The van der Waals surface area contributed by atoms with E-state index in [1.807, 2.05) is 11.8 Å². The van der Waals surface area contributed by atoms with Gasteiger partial charge in [-0.1, -0.05) is 93.6 Å². The van der Waals surface area contributed by atoms with Gasteiger partial charge in [0.25, 0.3) is 8.32 Å². The predicted octanol–water partition coefficient (Wildman–Crippen LogP) is 4.23. The van der Waals surface area contributed by atoms with Gasteiger partial charge in [0.15, 0.2) is 0 Å². The summed E-state index contributed by atoms with van der Waals surface area (Å²) in [5.41, 5.74) is 1.32. The van der Waals surface area contributed by atoms with Crippen molar-refractivity contribution in [2.24, 2.45) is 0 Å². The van der Waals surface area contributed by atoms with Crippen molar-refractivity contribution in [2.45, 2.75) is 31.1 Å². The fraction of sp³-hybridized carbons (Fsp3) is 0.333. The van der Waals surface area contributed by atoms with Gasteiger partial charge in [0.2, 0.25) is 0 Å². The smallest absolute Gasteiger partial charge is 0.261 e. The van der Waals surface area contributed by atoms with Crippen LogP contribution in [0, 0.1) is 0 Å². The van der Waals surface area contributed by atoms with Crippen molar-refractivity contribution in [1.29, 1.82) is 0 Å². The highest BCUT2D eigenvalue weighted by atomic mass is 32.2. The molecule has 2 aromatic carbocycles. The molecule has 3 rings (SSSR count). The SMILES string of the molecule is C=C1CS[C@H]1CO[Si](c1ccccc1)(c1ccccc1)C(C)(C)C. The zero-order valence-corrected chi connectivity index (χ0v) is 16.6. The molecular weight excluding hydrogens is 328 g/mol. The van der Waals surface area contributed by atoms with E-state index in [4.69, 9.17) is 4.43 Å². The number of benzene rings is 2. The molecule has 0 spiro atoms. The van der Waals surface area contributed by atoms with Crippen molar-refractivity contribution >= 4 is 30.5 Å². The third-order valence-electron chi connectivity index (χ3n) is 4.79. The Morgan fingerprint density at radius 1 is 1.00 bits per heavy atom. The first-order valence-electron chi connectivity index (χ1n) is 8.49. The highest BCUT2D eigenvalue weighted by molar-refractivity contribution is 8.02. The average molecular weight is 355 g/mol. The fourth-order valence-corrected chi connectivity index (χ4v) is 8.94. The second-order valence-electron chi connectivity index (χ2n) is 7.43. The van der Waals surface area contributed by atoms with Crippen LogP contribution in [0.25, 0.3) is 0 Å². The summed E-state index contributed by atoms with van der Waals surface area (Å²) < 4.78 is 6.90. The lowest BCUT2D eigenvalue weighted by molar-refractivity contribution is 0.304. The summed E-state index contributed by atoms with van der Waals surface area (Å²) in [4.78, 5) is 0. The third kappa shape index (κ3) is 3.13. The monoisotopic (exact) mass is 354 g/mol. The van der Waals surface area contributed by atoms with Gasteiger partial charge in [0.1, 0.15) is 0 Å². The molecular formula is C21H26OSSi. The van der Waals surface area contributed by atoms with Crippen LogP contribution in [0.4, 0.5) is 0 Å². The van der Waals surface area contributed by atoms with Gasteiger partial charge in [-0.3, -0.25) is 0 Å². The molecule has 1 fully saturated rings. The van der Waals surface area contributed by atoms with Crippen LogP contribution >= 0.6 is 11.8 Å². The first-order valence-corrected chi connectivity index (χ1v) is 11.4. The van der Waals surface area contributed by atoms with Gasteiger partial charge >= 0.3 is 0 Å². The molecule has 1 nitrogen and oxygen atoms in total. The number of rotatable bonds is 5. The highest BCUT2D eigenvalue weighted by Crippen LogP contribution is 2.39. The topological polar surface area (TPSA) is 9.23 Å². The van der Waals surface area contributed by atoms with E-state index in [1.54, 1.807) is 0 Å². The molecule has 126 valence electrons. The molecule has 2 aromatic rings. The van der Waals surface area contributed by atoms with Crippen LogP contribution < -0.4 is 10.4 Å². The lowest BCUT2D eigenvalue weighted by Crippen LogP contribution is -2.67. The largest absolute Gasteiger partial charge is 0.406 e. The minimum absolute atomic E-state index is 0.0471. The quantitative estimate of drug-likeness (QED) is 0.587. The van der Waals surface area contributed by atoms with Crippen LogP contribution in [0.2, 0.25) is 5.04 Å². The maximum atomic E-state index is 6.90. The van der Waals surface area contributed by atoms with E-state index in [-0.39, 0.29) is 5.04 Å². The molecule has 0 amide bonds. The Labute approximate surface area is 151 Å². The molecule has 24 heavy (non-hydrogen) atoms. The molecule has 0 N–H and O–H groups in total.